The largest absolute Gasteiger partial charge is 0.384 e. The highest BCUT2D eigenvalue weighted by molar-refractivity contribution is 5.92. The Morgan fingerprint density at radius 2 is 2.33 bits per heavy atom. The maximum absolute atomic E-state index is 12.6. The number of aromatic nitrogens is 2. The molecular formula is C17H25N3O4. The van der Waals surface area contributed by atoms with Gasteiger partial charge in [-0.25, -0.2) is 4.79 Å². The number of aromatic amines is 1. The second kappa shape index (κ2) is 7.03. The quantitative estimate of drug-likeness (QED) is 0.800. The van der Waals surface area contributed by atoms with Gasteiger partial charge >= 0.3 is 5.69 Å². The molecule has 0 aromatic carbocycles. The monoisotopic (exact) mass is 335 g/mol. The van der Waals surface area contributed by atoms with Gasteiger partial charge in [-0.3, -0.25) is 4.79 Å². The van der Waals surface area contributed by atoms with E-state index >= 15 is 0 Å². The third-order valence-corrected chi connectivity index (χ3v) is 4.85. The van der Waals surface area contributed by atoms with Gasteiger partial charge in [0.2, 0.25) is 0 Å². The first-order valence-electron chi connectivity index (χ1n) is 8.51. The van der Waals surface area contributed by atoms with Crippen molar-refractivity contribution in [3.05, 3.63) is 27.9 Å². The second-order valence-electron chi connectivity index (χ2n) is 7.10. The van der Waals surface area contributed by atoms with Gasteiger partial charge in [-0.2, -0.15) is 4.98 Å². The average molecular weight is 335 g/mol. The Balaban J connectivity index is 1.72. The summed E-state index contributed by atoms with van der Waals surface area (Å²) in [5.41, 5.74) is 0.426. The molecule has 1 saturated carbocycles. The van der Waals surface area contributed by atoms with Crippen LogP contribution in [0.3, 0.4) is 0 Å². The van der Waals surface area contributed by atoms with Gasteiger partial charge in [0.05, 0.1) is 12.7 Å². The van der Waals surface area contributed by atoms with Crippen molar-refractivity contribution in [2.24, 2.45) is 17.8 Å². The summed E-state index contributed by atoms with van der Waals surface area (Å²) in [6.45, 7) is 5.39. The van der Waals surface area contributed by atoms with E-state index in [-0.39, 0.29) is 29.7 Å². The van der Waals surface area contributed by atoms with Gasteiger partial charge in [-0.05, 0) is 24.8 Å². The fourth-order valence-corrected chi connectivity index (χ4v) is 3.83. The number of carbonyl (C=O) groups is 1. The number of hydrogen-bond acceptors (Lipinski definition) is 5. The van der Waals surface area contributed by atoms with Gasteiger partial charge in [0, 0.05) is 37.3 Å². The summed E-state index contributed by atoms with van der Waals surface area (Å²) in [5, 5.41) is 3.03. The molecule has 2 heterocycles. The van der Waals surface area contributed by atoms with Gasteiger partial charge in [-0.1, -0.05) is 13.8 Å². The molecule has 2 aliphatic rings. The standard InChI is InChI=1S/C17H25N3O4/c1-9(2)6-10-7-13(19-17(22)18-10)16(21)20-14-11-4-5-24-15(11)12(14)8-23-3/h7,9,11-12,14-15H,4-6,8H2,1-3H3,(H,20,21)(H,18,19,22)/t11-,12-,14-,15-/m0/s1. The predicted octanol–water partition coefficient (Wildman–Crippen LogP) is 0.748. The lowest BCUT2D eigenvalue weighted by Crippen LogP contribution is -2.62. The number of nitrogens with zero attached hydrogens (tertiary/aromatic N) is 1. The number of amides is 1. The van der Waals surface area contributed by atoms with Crippen molar-refractivity contribution in [1.82, 2.24) is 15.3 Å². The van der Waals surface area contributed by atoms with E-state index in [2.05, 4.69) is 29.1 Å². The van der Waals surface area contributed by atoms with Crippen LogP contribution in [0.15, 0.2) is 10.9 Å². The molecule has 0 radical (unpaired) electrons. The highest BCUT2D eigenvalue weighted by Gasteiger charge is 2.54. The molecule has 132 valence electrons. The average Bonchev–Trinajstić information content (AvgIpc) is 2.93. The van der Waals surface area contributed by atoms with Crippen molar-refractivity contribution < 1.29 is 14.3 Å². The third kappa shape index (κ3) is 3.37. The van der Waals surface area contributed by atoms with Crippen molar-refractivity contribution in [3.63, 3.8) is 0 Å². The molecule has 0 bridgehead atoms. The van der Waals surface area contributed by atoms with Crippen LogP contribution in [0.2, 0.25) is 0 Å². The van der Waals surface area contributed by atoms with Crippen LogP contribution in [0.4, 0.5) is 0 Å². The molecule has 1 aromatic heterocycles. The Morgan fingerprint density at radius 3 is 3.04 bits per heavy atom. The van der Waals surface area contributed by atoms with Crippen LogP contribution >= 0.6 is 0 Å². The number of nitrogens with one attached hydrogen (secondary N) is 2. The first-order valence-corrected chi connectivity index (χ1v) is 8.51. The molecule has 1 aliphatic heterocycles. The van der Waals surface area contributed by atoms with Crippen molar-refractivity contribution in [3.8, 4) is 0 Å². The van der Waals surface area contributed by atoms with Crippen molar-refractivity contribution in [1.29, 1.82) is 0 Å². The molecular weight excluding hydrogens is 310 g/mol. The summed E-state index contributed by atoms with van der Waals surface area (Å²) in [4.78, 5) is 30.8. The minimum absolute atomic E-state index is 0.0135. The fraction of sp³-hybridized carbons (Fsp3) is 0.706. The zero-order chi connectivity index (χ0) is 17.3. The summed E-state index contributed by atoms with van der Waals surface area (Å²) in [5.74, 6) is 0.561. The summed E-state index contributed by atoms with van der Waals surface area (Å²) < 4.78 is 11.0. The van der Waals surface area contributed by atoms with E-state index in [4.69, 9.17) is 9.47 Å². The lowest BCUT2D eigenvalue weighted by atomic mass is 9.67. The van der Waals surface area contributed by atoms with Crippen LogP contribution in [0.1, 0.15) is 36.5 Å². The van der Waals surface area contributed by atoms with E-state index in [1.54, 1.807) is 13.2 Å². The number of carbonyl (C=O) groups excluding carboxylic acids is 1. The Bertz CT molecular complexity index is 657. The topological polar surface area (TPSA) is 93.3 Å². The maximum atomic E-state index is 12.6. The molecule has 3 rings (SSSR count). The minimum Gasteiger partial charge on any atom is -0.384 e. The summed E-state index contributed by atoms with van der Waals surface area (Å²) in [6.07, 6.45) is 1.81. The molecule has 2 N–H and O–H groups in total. The third-order valence-electron chi connectivity index (χ3n) is 4.85. The van der Waals surface area contributed by atoms with Crippen molar-refractivity contribution >= 4 is 5.91 Å². The molecule has 7 nitrogen and oxygen atoms in total. The predicted molar refractivity (Wildman–Crippen MR) is 87.9 cm³/mol. The van der Waals surface area contributed by atoms with Crippen LogP contribution in [0.25, 0.3) is 0 Å². The van der Waals surface area contributed by atoms with Crippen LogP contribution in [0.5, 0.6) is 0 Å². The highest BCUT2D eigenvalue weighted by Crippen LogP contribution is 2.43. The number of rotatable bonds is 6. The van der Waals surface area contributed by atoms with Crippen LogP contribution in [-0.2, 0) is 15.9 Å². The summed E-state index contributed by atoms with van der Waals surface area (Å²) >= 11 is 0. The van der Waals surface area contributed by atoms with E-state index in [1.807, 2.05) is 0 Å². The normalized spacial score (nSPS) is 28.5. The fourth-order valence-electron chi connectivity index (χ4n) is 3.83. The zero-order valence-electron chi connectivity index (χ0n) is 14.4. The van der Waals surface area contributed by atoms with E-state index in [0.29, 0.717) is 24.9 Å². The molecule has 24 heavy (non-hydrogen) atoms. The Morgan fingerprint density at radius 1 is 1.54 bits per heavy atom. The zero-order valence-corrected chi connectivity index (χ0v) is 14.4. The first kappa shape index (κ1) is 17.1. The number of hydrogen-bond donors (Lipinski definition) is 2. The number of ether oxygens (including phenoxy) is 2. The lowest BCUT2D eigenvalue weighted by molar-refractivity contribution is -0.0810. The Hall–Kier alpha value is -1.73. The van der Waals surface area contributed by atoms with Crippen LogP contribution in [0, 0.1) is 17.8 Å². The van der Waals surface area contributed by atoms with E-state index in [9.17, 15) is 9.59 Å². The maximum Gasteiger partial charge on any atom is 0.345 e. The first-order chi connectivity index (χ1) is 11.5. The Kier molecular flexibility index (Phi) is 5.01. The molecule has 0 unspecified atom stereocenters. The van der Waals surface area contributed by atoms with Gasteiger partial charge in [0.15, 0.2) is 0 Å². The second-order valence-corrected chi connectivity index (χ2v) is 7.10. The van der Waals surface area contributed by atoms with Crippen molar-refractivity contribution in [2.75, 3.05) is 20.3 Å². The van der Waals surface area contributed by atoms with Gasteiger partial charge < -0.3 is 19.8 Å². The van der Waals surface area contributed by atoms with E-state index in [1.165, 1.54) is 0 Å². The van der Waals surface area contributed by atoms with Crippen LogP contribution < -0.4 is 11.0 Å². The van der Waals surface area contributed by atoms with Crippen LogP contribution in [-0.4, -0.2) is 48.3 Å². The molecule has 1 aliphatic carbocycles. The Labute approximate surface area is 141 Å². The number of methoxy groups -OCH3 is 1. The van der Waals surface area contributed by atoms with E-state index < -0.39 is 5.69 Å². The number of fused-ring (bicyclic) bond motifs is 1. The summed E-state index contributed by atoms with van der Waals surface area (Å²) in [6, 6.07) is 1.68. The summed E-state index contributed by atoms with van der Waals surface area (Å²) in [7, 11) is 1.65. The van der Waals surface area contributed by atoms with Crippen molar-refractivity contribution in [2.45, 2.75) is 38.8 Å². The highest BCUT2D eigenvalue weighted by atomic mass is 16.5. The van der Waals surface area contributed by atoms with E-state index in [0.717, 1.165) is 18.7 Å². The molecule has 1 aromatic rings. The number of H-pyrrole nitrogens is 1. The van der Waals surface area contributed by atoms with Gasteiger partial charge in [-0.15, -0.1) is 0 Å². The molecule has 4 atom stereocenters. The smallest absolute Gasteiger partial charge is 0.345 e. The molecule has 0 spiro atoms. The van der Waals surface area contributed by atoms with Gasteiger partial charge in [0.1, 0.15) is 5.69 Å². The van der Waals surface area contributed by atoms with Gasteiger partial charge in [0.25, 0.3) is 5.91 Å². The lowest BCUT2D eigenvalue weighted by Gasteiger charge is -2.47. The molecule has 1 amide bonds. The molecule has 7 heteroatoms. The minimum atomic E-state index is -0.484. The molecule has 2 fully saturated rings. The molecule has 1 saturated heterocycles. The SMILES string of the molecule is COC[C@H]1[C@@H](NC(=O)c2cc(CC(C)C)[nH]c(=O)n2)[C@@H]2CCO[C@@H]21.